The predicted octanol–water partition coefficient (Wildman–Crippen LogP) is 5.93. The van der Waals surface area contributed by atoms with Gasteiger partial charge in [0, 0.05) is 0 Å². The lowest BCUT2D eigenvalue weighted by atomic mass is 10.2. The fourth-order valence-electron chi connectivity index (χ4n) is 3.19. The Labute approximate surface area is 163 Å². The van der Waals surface area contributed by atoms with E-state index in [1.54, 1.807) is 0 Å². The van der Waals surface area contributed by atoms with Gasteiger partial charge in [0.2, 0.25) is 0 Å². The van der Waals surface area contributed by atoms with Crippen molar-refractivity contribution in [3.63, 3.8) is 0 Å². The topological polar surface area (TPSA) is 36.9 Å². The van der Waals surface area contributed by atoms with Crippen LogP contribution in [0.5, 0.6) is 0 Å². The van der Waals surface area contributed by atoms with E-state index in [9.17, 15) is 0 Å². The van der Waals surface area contributed by atoms with Gasteiger partial charge >= 0.3 is 26.4 Å². The average molecular weight is 441 g/mol. The Balaban J connectivity index is 4.86. The maximum absolute atomic E-state index is 6.59. The summed E-state index contributed by atoms with van der Waals surface area (Å²) in [6.07, 6.45) is 5.03. The highest BCUT2D eigenvalue weighted by atomic mass is 28.5. The van der Waals surface area contributed by atoms with Gasteiger partial charge in [0.1, 0.15) is 0 Å². The van der Waals surface area contributed by atoms with Crippen LogP contribution in [0, 0.1) is 0 Å². The molecule has 0 radical (unpaired) electrons. The molecule has 2 unspecified atom stereocenters. The van der Waals surface area contributed by atoms with Crippen LogP contribution in [0.4, 0.5) is 0 Å². The van der Waals surface area contributed by atoms with Crippen LogP contribution in [0.15, 0.2) is 0 Å². The SMILES string of the molecule is CCCCCC[Si](C)(O[SiH](C)O[Si](C)(C)O[Si](C)(C)C)O[Si](C)(C)C. The number of hydrogen-bond acceptors (Lipinski definition) is 4. The van der Waals surface area contributed by atoms with Gasteiger partial charge in [-0.2, -0.15) is 0 Å². The van der Waals surface area contributed by atoms with E-state index in [4.69, 9.17) is 16.5 Å². The number of hydrogen-bond donors (Lipinski definition) is 0. The molecule has 0 saturated heterocycles. The molecule has 25 heavy (non-hydrogen) atoms. The molecule has 0 aromatic heterocycles. The zero-order valence-corrected chi connectivity index (χ0v) is 23.9. The van der Waals surface area contributed by atoms with E-state index in [-0.39, 0.29) is 0 Å². The third-order valence-electron chi connectivity index (χ3n) is 3.42. The molecule has 2 atom stereocenters. The summed E-state index contributed by atoms with van der Waals surface area (Å²) in [5, 5.41) is 0. The zero-order chi connectivity index (χ0) is 19.9. The van der Waals surface area contributed by atoms with Crippen molar-refractivity contribution in [3.8, 4) is 0 Å². The van der Waals surface area contributed by atoms with Crippen molar-refractivity contribution in [2.45, 2.75) is 104 Å². The van der Waals surface area contributed by atoms with Gasteiger partial charge in [-0.15, -0.1) is 0 Å². The number of unbranched alkanes of at least 4 members (excludes halogenated alkanes) is 3. The Kier molecular flexibility index (Phi) is 10.9. The van der Waals surface area contributed by atoms with Gasteiger partial charge in [0.05, 0.1) is 0 Å². The van der Waals surface area contributed by atoms with Gasteiger partial charge in [-0.1, -0.05) is 32.6 Å². The predicted molar refractivity (Wildman–Crippen MR) is 122 cm³/mol. The molecule has 0 aliphatic heterocycles. The Bertz CT molecular complexity index is 382. The van der Waals surface area contributed by atoms with Gasteiger partial charge in [0.25, 0.3) is 0 Å². The van der Waals surface area contributed by atoms with Crippen LogP contribution < -0.4 is 0 Å². The Morgan fingerprint density at radius 2 is 1.20 bits per heavy atom. The lowest BCUT2D eigenvalue weighted by Gasteiger charge is -2.38. The molecule has 0 spiro atoms. The molecule has 0 saturated carbocycles. The van der Waals surface area contributed by atoms with E-state index in [0.717, 1.165) is 6.04 Å². The molecule has 0 rings (SSSR count). The fraction of sp³-hybridized carbons (Fsp3) is 1.00. The molecule has 0 aliphatic rings. The second-order valence-electron chi connectivity index (χ2n) is 9.58. The highest BCUT2D eigenvalue weighted by Gasteiger charge is 2.40. The molecule has 0 aliphatic carbocycles. The van der Waals surface area contributed by atoms with Crippen molar-refractivity contribution in [2.24, 2.45) is 0 Å². The van der Waals surface area contributed by atoms with E-state index in [0.29, 0.717) is 0 Å². The van der Waals surface area contributed by atoms with Crippen molar-refractivity contribution in [1.29, 1.82) is 0 Å². The second-order valence-corrected chi connectivity index (χ2v) is 28.2. The molecule has 0 fully saturated rings. The van der Waals surface area contributed by atoms with Crippen molar-refractivity contribution in [2.75, 3.05) is 0 Å². The smallest absolute Gasteiger partial charge is 0.315 e. The molecular weight excluding hydrogens is 397 g/mol. The number of rotatable bonds is 13. The van der Waals surface area contributed by atoms with Crippen LogP contribution >= 0.6 is 0 Å². The summed E-state index contributed by atoms with van der Waals surface area (Å²) in [5.41, 5.74) is 0. The molecule has 9 heteroatoms. The third-order valence-corrected chi connectivity index (χ3v) is 20.2. The van der Waals surface area contributed by atoms with Crippen LogP contribution in [0.1, 0.15) is 32.6 Å². The fourth-order valence-corrected chi connectivity index (χ4v) is 23.9. The summed E-state index contributed by atoms with van der Waals surface area (Å²) in [6.45, 7) is 24.4. The first-order chi connectivity index (χ1) is 11.1. The zero-order valence-electron chi connectivity index (χ0n) is 18.7. The van der Waals surface area contributed by atoms with Crippen molar-refractivity contribution in [3.05, 3.63) is 0 Å². The van der Waals surface area contributed by atoms with Crippen LogP contribution in [0.3, 0.4) is 0 Å². The molecule has 0 bridgehead atoms. The first kappa shape index (κ1) is 25.9. The minimum absolute atomic E-state index is 1.08. The van der Waals surface area contributed by atoms with Gasteiger partial charge < -0.3 is 16.5 Å². The summed E-state index contributed by atoms with van der Waals surface area (Å²) in [7, 11) is -9.31. The molecule has 4 nitrogen and oxygen atoms in total. The molecular formula is C16H44O4Si5. The molecule has 0 N–H and O–H groups in total. The standard InChI is InChI=1S/C16H44O4Si5/c1-12-13-14-15-16-25(11,20-23(6,7)8)18-21(2)17-24(9,10)19-22(3,4)5/h21H,12-16H2,1-11H3. The van der Waals surface area contributed by atoms with E-state index in [1.165, 1.54) is 25.7 Å². The van der Waals surface area contributed by atoms with E-state index in [1.807, 2.05) is 0 Å². The summed E-state index contributed by atoms with van der Waals surface area (Å²) in [6, 6.07) is 1.08. The minimum atomic E-state index is -2.18. The van der Waals surface area contributed by atoms with Gasteiger partial charge in [0.15, 0.2) is 16.6 Å². The largest absolute Gasteiger partial charge is 0.437 e. The van der Waals surface area contributed by atoms with Crippen molar-refractivity contribution >= 4 is 43.0 Å². The lowest BCUT2D eigenvalue weighted by molar-refractivity contribution is 0.313. The van der Waals surface area contributed by atoms with Crippen molar-refractivity contribution < 1.29 is 16.5 Å². The van der Waals surface area contributed by atoms with Crippen LogP contribution in [-0.2, 0) is 16.5 Å². The first-order valence-electron chi connectivity index (χ1n) is 9.83. The van der Waals surface area contributed by atoms with Gasteiger partial charge in [-0.05, 0) is 71.5 Å². The van der Waals surface area contributed by atoms with E-state index < -0.39 is 43.0 Å². The Morgan fingerprint density at radius 1 is 0.680 bits per heavy atom. The maximum atomic E-state index is 6.59. The summed E-state index contributed by atoms with van der Waals surface area (Å²) in [4.78, 5) is 0. The maximum Gasteiger partial charge on any atom is 0.315 e. The Morgan fingerprint density at radius 3 is 1.64 bits per heavy atom. The molecule has 0 amide bonds. The minimum Gasteiger partial charge on any atom is -0.437 e. The summed E-state index contributed by atoms with van der Waals surface area (Å²) < 4.78 is 25.9. The Hall–Kier alpha value is 0.924. The monoisotopic (exact) mass is 440 g/mol. The van der Waals surface area contributed by atoms with E-state index in [2.05, 4.69) is 72.4 Å². The van der Waals surface area contributed by atoms with Crippen LogP contribution in [-0.4, -0.2) is 43.0 Å². The summed E-state index contributed by atoms with van der Waals surface area (Å²) in [5.74, 6) is 0. The highest BCUT2D eigenvalue weighted by molar-refractivity contribution is 6.86. The van der Waals surface area contributed by atoms with Crippen molar-refractivity contribution in [1.82, 2.24) is 0 Å². The highest BCUT2D eigenvalue weighted by Crippen LogP contribution is 2.25. The van der Waals surface area contributed by atoms with Gasteiger partial charge in [-0.25, -0.2) is 0 Å². The average Bonchev–Trinajstić information content (AvgIpc) is 2.27. The van der Waals surface area contributed by atoms with Gasteiger partial charge in [-0.3, -0.25) is 0 Å². The quantitative estimate of drug-likeness (QED) is 0.263. The molecule has 0 aromatic carbocycles. The van der Waals surface area contributed by atoms with Crippen LogP contribution in [0.25, 0.3) is 0 Å². The molecule has 152 valence electrons. The third kappa shape index (κ3) is 14.6. The molecule has 0 heterocycles. The summed E-state index contributed by atoms with van der Waals surface area (Å²) >= 11 is 0. The normalized spacial score (nSPS) is 17.4. The lowest BCUT2D eigenvalue weighted by Crippen LogP contribution is -2.54. The van der Waals surface area contributed by atoms with Crippen LogP contribution in [0.2, 0.25) is 71.5 Å². The van der Waals surface area contributed by atoms with E-state index >= 15 is 0 Å². The molecule has 0 aromatic rings. The first-order valence-corrected chi connectivity index (χ1v) is 24.1. The second kappa shape index (κ2) is 10.5.